The van der Waals surface area contributed by atoms with Crippen LogP contribution in [0.3, 0.4) is 0 Å². The summed E-state index contributed by atoms with van der Waals surface area (Å²) in [6.45, 7) is 1.97. The van der Waals surface area contributed by atoms with Crippen molar-refractivity contribution in [3.05, 3.63) is 54.0 Å². The van der Waals surface area contributed by atoms with Crippen molar-refractivity contribution in [2.24, 2.45) is 5.92 Å². The third kappa shape index (κ3) is 4.57. The van der Waals surface area contributed by atoms with Gasteiger partial charge >= 0.3 is 5.97 Å². The van der Waals surface area contributed by atoms with Crippen LogP contribution in [-0.4, -0.2) is 35.3 Å². The number of amides is 2. The molecule has 1 saturated heterocycles. The SMILES string of the molecule is C[C@H](OC(=O)[C@H]1CC(=O)N(Cc2ccco2)C1)C(=O)Nc1cccc(C#N)c1. The van der Waals surface area contributed by atoms with Gasteiger partial charge in [-0.1, -0.05) is 6.07 Å². The van der Waals surface area contributed by atoms with Crippen LogP contribution >= 0.6 is 0 Å². The molecule has 1 aliphatic heterocycles. The number of nitrogens with one attached hydrogen (secondary N) is 1. The number of carbonyl (C=O) groups is 3. The van der Waals surface area contributed by atoms with E-state index in [2.05, 4.69) is 5.32 Å². The molecule has 8 nitrogen and oxygen atoms in total. The second-order valence-electron chi connectivity index (χ2n) is 6.52. The lowest BCUT2D eigenvalue weighted by Crippen LogP contribution is -2.33. The van der Waals surface area contributed by atoms with Gasteiger partial charge in [-0.05, 0) is 37.3 Å². The number of nitriles is 1. The number of anilines is 1. The monoisotopic (exact) mass is 381 g/mol. The number of likely N-dealkylation sites (tertiary alicyclic amines) is 1. The van der Waals surface area contributed by atoms with Crippen molar-refractivity contribution in [2.45, 2.75) is 26.0 Å². The first-order valence-electron chi connectivity index (χ1n) is 8.78. The molecule has 2 amide bonds. The van der Waals surface area contributed by atoms with Gasteiger partial charge < -0.3 is 19.4 Å². The minimum Gasteiger partial charge on any atom is -0.467 e. The van der Waals surface area contributed by atoms with Gasteiger partial charge in [0.1, 0.15) is 5.76 Å². The molecular formula is C20H19N3O5. The molecule has 1 aromatic heterocycles. The highest BCUT2D eigenvalue weighted by Crippen LogP contribution is 2.22. The average Bonchev–Trinajstić information content (AvgIpc) is 3.32. The zero-order valence-electron chi connectivity index (χ0n) is 15.3. The molecular weight excluding hydrogens is 362 g/mol. The van der Waals surface area contributed by atoms with Crippen LogP contribution in [0.1, 0.15) is 24.7 Å². The number of hydrogen-bond acceptors (Lipinski definition) is 6. The van der Waals surface area contributed by atoms with E-state index >= 15 is 0 Å². The normalized spacial score (nSPS) is 17.1. The number of hydrogen-bond donors (Lipinski definition) is 1. The molecule has 0 unspecified atom stereocenters. The second-order valence-corrected chi connectivity index (χ2v) is 6.52. The highest BCUT2D eigenvalue weighted by Gasteiger charge is 2.36. The molecule has 1 aromatic carbocycles. The molecule has 8 heteroatoms. The molecule has 1 aliphatic rings. The first-order chi connectivity index (χ1) is 13.5. The number of furan rings is 1. The van der Waals surface area contributed by atoms with E-state index in [1.54, 1.807) is 30.3 Å². The molecule has 2 heterocycles. The van der Waals surface area contributed by atoms with Crippen LogP contribution in [0.5, 0.6) is 0 Å². The maximum Gasteiger partial charge on any atom is 0.312 e. The predicted octanol–water partition coefficient (Wildman–Crippen LogP) is 2.07. The topological polar surface area (TPSA) is 113 Å². The van der Waals surface area contributed by atoms with E-state index in [0.29, 0.717) is 23.6 Å². The fourth-order valence-corrected chi connectivity index (χ4v) is 2.91. The standard InChI is InChI=1S/C20H19N3O5/c1-13(19(25)22-16-5-2-4-14(8-16)10-21)28-20(26)15-9-18(24)23(11-15)12-17-6-3-7-27-17/h2-8,13,15H,9,11-12H2,1H3,(H,22,25)/t13-,15-/m0/s1. The van der Waals surface area contributed by atoms with Crippen LogP contribution in [0.4, 0.5) is 5.69 Å². The molecule has 0 radical (unpaired) electrons. The second kappa shape index (κ2) is 8.39. The Kier molecular flexibility index (Phi) is 5.75. The summed E-state index contributed by atoms with van der Waals surface area (Å²) in [5.74, 6) is -1.26. The zero-order valence-corrected chi connectivity index (χ0v) is 15.3. The Morgan fingerprint density at radius 1 is 1.39 bits per heavy atom. The molecule has 0 saturated carbocycles. The van der Waals surface area contributed by atoms with Gasteiger partial charge in [0, 0.05) is 18.7 Å². The van der Waals surface area contributed by atoms with Crippen LogP contribution < -0.4 is 5.32 Å². The molecule has 2 aromatic rings. The lowest BCUT2D eigenvalue weighted by molar-refractivity contribution is -0.157. The van der Waals surface area contributed by atoms with Crippen molar-refractivity contribution in [1.82, 2.24) is 4.90 Å². The average molecular weight is 381 g/mol. The molecule has 0 spiro atoms. The lowest BCUT2D eigenvalue weighted by atomic mass is 10.1. The smallest absolute Gasteiger partial charge is 0.312 e. The Bertz CT molecular complexity index is 916. The van der Waals surface area contributed by atoms with Crippen molar-refractivity contribution in [3.8, 4) is 6.07 Å². The Morgan fingerprint density at radius 3 is 2.93 bits per heavy atom. The molecule has 0 aliphatic carbocycles. The highest BCUT2D eigenvalue weighted by molar-refractivity contribution is 5.95. The number of rotatable bonds is 6. The maximum atomic E-state index is 12.4. The third-order valence-electron chi connectivity index (χ3n) is 4.40. The van der Waals surface area contributed by atoms with E-state index in [0.717, 1.165) is 0 Å². The van der Waals surface area contributed by atoms with E-state index in [1.807, 2.05) is 6.07 Å². The van der Waals surface area contributed by atoms with Gasteiger partial charge in [0.15, 0.2) is 6.10 Å². The minimum absolute atomic E-state index is 0.0398. The Morgan fingerprint density at radius 2 is 2.21 bits per heavy atom. The molecule has 2 atom stereocenters. The van der Waals surface area contributed by atoms with Crippen LogP contribution in [0.15, 0.2) is 47.1 Å². The van der Waals surface area contributed by atoms with Crippen LogP contribution in [0, 0.1) is 17.2 Å². The summed E-state index contributed by atoms with van der Waals surface area (Å²) in [5, 5.41) is 11.5. The summed E-state index contributed by atoms with van der Waals surface area (Å²) in [7, 11) is 0. The van der Waals surface area contributed by atoms with Crippen molar-refractivity contribution >= 4 is 23.5 Å². The van der Waals surface area contributed by atoms with Gasteiger partial charge in [0.2, 0.25) is 5.91 Å². The van der Waals surface area contributed by atoms with E-state index in [9.17, 15) is 14.4 Å². The number of ether oxygens (including phenoxy) is 1. The maximum absolute atomic E-state index is 12.4. The predicted molar refractivity (Wildman–Crippen MR) is 97.6 cm³/mol. The van der Waals surface area contributed by atoms with Crippen molar-refractivity contribution in [3.63, 3.8) is 0 Å². The summed E-state index contributed by atoms with van der Waals surface area (Å²) >= 11 is 0. The van der Waals surface area contributed by atoms with E-state index in [-0.39, 0.29) is 18.9 Å². The zero-order chi connectivity index (χ0) is 20.1. The fourth-order valence-electron chi connectivity index (χ4n) is 2.91. The summed E-state index contributed by atoms with van der Waals surface area (Å²) in [4.78, 5) is 38.2. The Hall–Kier alpha value is -3.60. The van der Waals surface area contributed by atoms with E-state index in [4.69, 9.17) is 14.4 Å². The quantitative estimate of drug-likeness (QED) is 0.767. The molecule has 1 N–H and O–H groups in total. The Labute approximate surface area is 161 Å². The summed E-state index contributed by atoms with van der Waals surface area (Å²) in [6.07, 6.45) is 0.527. The Balaban J connectivity index is 1.53. The molecule has 3 rings (SSSR count). The van der Waals surface area contributed by atoms with Crippen molar-refractivity contribution in [2.75, 3.05) is 11.9 Å². The third-order valence-corrected chi connectivity index (χ3v) is 4.40. The van der Waals surface area contributed by atoms with Gasteiger partial charge in [-0.15, -0.1) is 0 Å². The number of nitrogens with zero attached hydrogens (tertiary/aromatic N) is 2. The van der Waals surface area contributed by atoms with Crippen LogP contribution in [0.25, 0.3) is 0 Å². The summed E-state index contributed by atoms with van der Waals surface area (Å²) in [6, 6.07) is 11.9. The van der Waals surface area contributed by atoms with E-state index < -0.39 is 23.9 Å². The number of carbonyl (C=O) groups excluding carboxylic acids is 3. The first kappa shape index (κ1) is 19.2. The van der Waals surface area contributed by atoms with Gasteiger partial charge in [0.25, 0.3) is 5.91 Å². The van der Waals surface area contributed by atoms with Crippen LogP contribution in [-0.2, 0) is 25.7 Å². The summed E-state index contributed by atoms with van der Waals surface area (Å²) in [5.41, 5.74) is 0.844. The highest BCUT2D eigenvalue weighted by atomic mass is 16.5. The van der Waals surface area contributed by atoms with Gasteiger partial charge in [-0.25, -0.2) is 0 Å². The minimum atomic E-state index is -1.03. The molecule has 0 bridgehead atoms. The summed E-state index contributed by atoms with van der Waals surface area (Å²) < 4.78 is 10.5. The van der Waals surface area contributed by atoms with Crippen molar-refractivity contribution < 1.29 is 23.5 Å². The van der Waals surface area contributed by atoms with Crippen LogP contribution in [0.2, 0.25) is 0 Å². The number of esters is 1. The van der Waals surface area contributed by atoms with Crippen molar-refractivity contribution in [1.29, 1.82) is 5.26 Å². The molecule has 28 heavy (non-hydrogen) atoms. The number of benzene rings is 1. The van der Waals surface area contributed by atoms with Gasteiger partial charge in [-0.3, -0.25) is 14.4 Å². The first-order valence-corrected chi connectivity index (χ1v) is 8.78. The lowest BCUT2D eigenvalue weighted by Gasteiger charge is -2.17. The fraction of sp³-hybridized carbons (Fsp3) is 0.300. The van der Waals surface area contributed by atoms with E-state index in [1.165, 1.54) is 24.2 Å². The van der Waals surface area contributed by atoms with Gasteiger partial charge in [0.05, 0.1) is 30.4 Å². The van der Waals surface area contributed by atoms with Gasteiger partial charge in [-0.2, -0.15) is 5.26 Å². The molecule has 144 valence electrons. The molecule has 1 fully saturated rings. The largest absolute Gasteiger partial charge is 0.467 e.